The fraction of sp³-hybridized carbons (Fsp3) is 0.909. The fourth-order valence-electron chi connectivity index (χ4n) is 5.85. The van der Waals surface area contributed by atoms with Crippen LogP contribution in [0.25, 0.3) is 0 Å². The molecule has 15 nitrogen and oxygen atoms in total. The first-order valence-electron chi connectivity index (χ1n) is 22.9. The van der Waals surface area contributed by atoms with E-state index >= 15 is 0 Å². The van der Waals surface area contributed by atoms with E-state index in [9.17, 15) is 45.1 Å². The van der Waals surface area contributed by atoms with Gasteiger partial charge in [0.05, 0.1) is 39.3 Å². The van der Waals surface area contributed by atoms with Gasteiger partial charge in [-0.1, -0.05) is 132 Å². The summed E-state index contributed by atoms with van der Waals surface area (Å²) in [6.45, 7) is 22.4. The number of rotatable bonds is 34. The average Bonchev–Trinajstić information content (AvgIpc) is 3.21. The number of carbonyl (C=O) groups is 4. The van der Waals surface area contributed by atoms with E-state index in [-0.39, 0.29) is 143 Å². The number of hydrogen-bond donors (Lipinski definition) is 2. The van der Waals surface area contributed by atoms with E-state index in [1.807, 2.05) is 41.5 Å². The van der Waals surface area contributed by atoms with Crippen LogP contribution in [-0.2, 0) is 63.1 Å². The Morgan fingerprint density at radius 2 is 0.672 bits per heavy atom. The van der Waals surface area contributed by atoms with Gasteiger partial charge >= 0.3 is 113 Å². The molecule has 0 aliphatic rings. The Hall–Kier alpha value is 0.660. The largest absolute Gasteiger partial charge is 1.00 e. The Labute approximate surface area is 460 Å². The molecule has 20 heteroatoms. The molecule has 0 aliphatic heterocycles. The topological polar surface area (TPSA) is 223 Å². The van der Waals surface area contributed by atoms with Crippen molar-refractivity contribution < 1.29 is 162 Å². The van der Waals surface area contributed by atoms with Gasteiger partial charge in [-0.15, -0.1) is 0 Å². The van der Waals surface area contributed by atoms with Crippen molar-refractivity contribution in [1.82, 2.24) is 0 Å². The van der Waals surface area contributed by atoms with Gasteiger partial charge in [0.15, 0.2) is 10.5 Å². The maximum Gasteiger partial charge on any atom is 1.00 e. The number of ether oxygens (including phenoxy) is 5. The predicted molar refractivity (Wildman–Crippen MR) is 242 cm³/mol. The van der Waals surface area contributed by atoms with Crippen molar-refractivity contribution >= 4 is 44.1 Å². The summed E-state index contributed by atoms with van der Waals surface area (Å²) in [4.78, 5) is 48.4. The first-order chi connectivity index (χ1) is 28.8. The molecule has 0 saturated heterocycles. The summed E-state index contributed by atoms with van der Waals surface area (Å²) in [5, 5.41) is -3.89. The first-order valence-corrected chi connectivity index (χ1v) is 25.9. The van der Waals surface area contributed by atoms with Gasteiger partial charge in [-0.2, -0.15) is 16.8 Å². The van der Waals surface area contributed by atoms with Crippen LogP contribution in [0.3, 0.4) is 0 Å². The molecule has 0 heterocycles. The van der Waals surface area contributed by atoms with Crippen molar-refractivity contribution in [2.75, 3.05) is 39.6 Å². The maximum absolute atomic E-state index is 12.2. The third-order valence-corrected chi connectivity index (χ3v) is 12.6. The summed E-state index contributed by atoms with van der Waals surface area (Å²) in [5.74, 6) is -3.21. The minimum atomic E-state index is -4.76. The van der Waals surface area contributed by atoms with Crippen LogP contribution in [0.1, 0.15) is 189 Å². The van der Waals surface area contributed by atoms with E-state index in [2.05, 4.69) is 27.7 Å². The van der Waals surface area contributed by atoms with E-state index in [1.165, 1.54) is 0 Å². The SMILES string of the molecule is CCCCC(CC)COC(=O)CC(C(=O)OCC(CC)CCCC)S(=O)(=O)O.CCCCC(CC)COC(=O)CC(C(=O)OCC(CC)CCCC)S(=O)(=O)O.CCOCC.[H-].[H-].[H-].[Na+].[Na+].[Na+]. The number of unbranched alkanes of at least 4 members (excludes halogenated alkanes) is 4. The molecule has 2 N–H and O–H groups in total. The van der Waals surface area contributed by atoms with Crippen LogP contribution < -0.4 is 88.7 Å². The second kappa shape index (κ2) is 48.7. The van der Waals surface area contributed by atoms with Gasteiger partial charge in [-0.05, 0) is 63.2 Å². The van der Waals surface area contributed by atoms with Gasteiger partial charge in [0.25, 0.3) is 20.2 Å². The molecule has 0 aliphatic carbocycles. The third-order valence-electron chi connectivity index (χ3n) is 10.4. The molecule has 0 spiro atoms. The Morgan fingerprint density at radius 1 is 0.438 bits per heavy atom. The molecular formula is C44H89Na3O15S2. The summed E-state index contributed by atoms with van der Waals surface area (Å²) in [6, 6.07) is 0. The summed E-state index contributed by atoms with van der Waals surface area (Å²) < 4.78 is 90.4. The predicted octanol–water partition coefficient (Wildman–Crippen LogP) is 0.696. The van der Waals surface area contributed by atoms with Crippen LogP contribution >= 0.6 is 0 Å². The normalized spacial score (nSPS) is 13.7. The van der Waals surface area contributed by atoms with E-state index < -0.39 is 67.5 Å². The Balaban J connectivity index is -0.000000120. The molecule has 0 aromatic carbocycles. The van der Waals surface area contributed by atoms with Crippen LogP contribution in [0.5, 0.6) is 0 Å². The summed E-state index contributed by atoms with van der Waals surface area (Å²) in [5.41, 5.74) is 0. The van der Waals surface area contributed by atoms with Crippen molar-refractivity contribution in [3.8, 4) is 0 Å². The van der Waals surface area contributed by atoms with Crippen LogP contribution in [0.4, 0.5) is 0 Å². The Kier molecular flexibility index (Phi) is 57.9. The van der Waals surface area contributed by atoms with Gasteiger partial charge < -0.3 is 28.0 Å². The van der Waals surface area contributed by atoms with Gasteiger partial charge in [0, 0.05) is 13.2 Å². The van der Waals surface area contributed by atoms with Gasteiger partial charge in [-0.3, -0.25) is 28.3 Å². The minimum absolute atomic E-state index is 0. The monoisotopic (exact) mass is 991 g/mol. The van der Waals surface area contributed by atoms with Crippen LogP contribution in [0.15, 0.2) is 0 Å². The molecule has 6 unspecified atom stereocenters. The van der Waals surface area contributed by atoms with Crippen molar-refractivity contribution in [3.63, 3.8) is 0 Å². The van der Waals surface area contributed by atoms with Gasteiger partial charge in [-0.25, -0.2) is 0 Å². The van der Waals surface area contributed by atoms with E-state index in [4.69, 9.17) is 23.7 Å². The van der Waals surface area contributed by atoms with Crippen molar-refractivity contribution in [3.05, 3.63) is 0 Å². The van der Waals surface area contributed by atoms with E-state index in [0.29, 0.717) is 0 Å². The maximum atomic E-state index is 12.2. The molecule has 64 heavy (non-hydrogen) atoms. The zero-order valence-corrected chi connectivity index (χ0v) is 50.1. The van der Waals surface area contributed by atoms with Crippen LogP contribution in [0.2, 0.25) is 0 Å². The molecule has 370 valence electrons. The Bertz CT molecular complexity index is 1270. The number of hydrogen-bond acceptors (Lipinski definition) is 13. The van der Waals surface area contributed by atoms with Crippen molar-refractivity contribution in [1.29, 1.82) is 0 Å². The standard InChI is InChI=1S/2C20H38O7S.C4H10O.3Na.3H/c2*1-5-9-11-16(7-3)14-26-19(21)13-18(28(23,24)25)20(22)27-15-17(8-4)12-10-6-2;1-3-5-4-2;;;;;;/h2*16-18H,5-15H2,1-4H3,(H,23,24,25);3-4H2,1-2H3;;;;;;/q;;;3*+1;3*-1. The molecule has 0 amide bonds. The third kappa shape index (κ3) is 42.7. The quantitative estimate of drug-likeness (QED) is 0.0392. The molecule has 6 atom stereocenters. The van der Waals surface area contributed by atoms with Gasteiger partial charge in [0.1, 0.15) is 0 Å². The number of esters is 4. The Morgan fingerprint density at radius 3 is 0.844 bits per heavy atom. The minimum Gasteiger partial charge on any atom is -1.00 e. The molecule has 0 saturated carbocycles. The molecule has 0 bridgehead atoms. The average molecular weight is 991 g/mol. The van der Waals surface area contributed by atoms with Gasteiger partial charge in [0.2, 0.25) is 0 Å². The summed E-state index contributed by atoms with van der Waals surface area (Å²) in [7, 11) is -9.53. The molecule has 0 aromatic heterocycles. The zero-order chi connectivity index (χ0) is 47.3. The van der Waals surface area contributed by atoms with Crippen LogP contribution in [-0.4, -0.2) is 100.0 Å². The van der Waals surface area contributed by atoms with Crippen LogP contribution in [0, 0.1) is 23.7 Å². The second-order valence-corrected chi connectivity index (χ2v) is 18.7. The first kappa shape index (κ1) is 76.2. The van der Waals surface area contributed by atoms with Crippen molar-refractivity contribution in [2.24, 2.45) is 23.7 Å². The summed E-state index contributed by atoms with van der Waals surface area (Å²) >= 11 is 0. The van der Waals surface area contributed by atoms with E-state index in [1.54, 1.807) is 0 Å². The smallest absolute Gasteiger partial charge is 1.00 e. The molecule has 0 aromatic rings. The molecule has 0 fully saturated rings. The summed E-state index contributed by atoms with van der Waals surface area (Å²) in [6.07, 6.45) is 13.5. The molecule has 0 radical (unpaired) electrons. The zero-order valence-electron chi connectivity index (χ0n) is 45.5. The fourth-order valence-corrected chi connectivity index (χ4v) is 7.16. The second-order valence-electron chi connectivity index (χ2n) is 15.5. The molecule has 0 rings (SSSR count). The molecular weight excluding hydrogens is 902 g/mol. The van der Waals surface area contributed by atoms with E-state index in [0.717, 1.165) is 116 Å². The van der Waals surface area contributed by atoms with Crippen molar-refractivity contribution in [2.45, 2.75) is 195 Å². The number of carbonyl (C=O) groups excluding carboxylic acids is 4.